The van der Waals surface area contributed by atoms with Gasteiger partial charge in [-0.3, -0.25) is 4.79 Å². The second-order valence-electron chi connectivity index (χ2n) is 3.19. The highest BCUT2D eigenvalue weighted by Crippen LogP contribution is 2.37. The maximum Gasteiger partial charge on any atom is 0.200 e. The molecule has 1 rings (SSSR count). The van der Waals surface area contributed by atoms with Crippen molar-refractivity contribution in [2.45, 2.75) is 19.8 Å². The molecule has 0 saturated carbocycles. The highest BCUT2D eigenvalue weighted by atomic mass is 16.5. The molecule has 0 spiro atoms. The number of ketones is 1. The second kappa shape index (κ2) is 4.68. The van der Waals surface area contributed by atoms with Crippen molar-refractivity contribution in [1.82, 2.24) is 0 Å². The van der Waals surface area contributed by atoms with E-state index in [-0.39, 0.29) is 29.5 Å². The molecule has 4 heteroatoms. The molecule has 0 fully saturated rings. The number of phenolic OH excluding ortho intramolecular Hbond substituents is 2. The molecule has 1 aromatic rings. The Bertz CT molecular complexity index is 371. The monoisotopic (exact) mass is 210 g/mol. The molecule has 4 nitrogen and oxygen atoms in total. The number of Topliss-reactive ketones (excluding diaryl/α,β-unsaturated/α-hetero) is 1. The van der Waals surface area contributed by atoms with Crippen LogP contribution in [0, 0.1) is 0 Å². The molecule has 0 atom stereocenters. The fourth-order valence-electron chi connectivity index (χ4n) is 1.25. The summed E-state index contributed by atoms with van der Waals surface area (Å²) in [5.41, 5.74) is 0.417. The van der Waals surface area contributed by atoms with Crippen molar-refractivity contribution in [2.75, 3.05) is 7.11 Å². The lowest BCUT2D eigenvalue weighted by molar-refractivity contribution is -0.118. The third-order valence-electron chi connectivity index (χ3n) is 2.20. The van der Waals surface area contributed by atoms with Crippen LogP contribution in [0.3, 0.4) is 0 Å². The molecular weight excluding hydrogens is 196 g/mol. The first-order valence-electron chi connectivity index (χ1n) is 4.69. The number of carbonyl (C=O) groups excluding carboxylic acids is 1. The van der Waals surface area contributed by atoms with Crippen LogP contribution in [-0.2, 0) is 11.2 Å². The van der Waals surface area contributed by atoms with E-state index in [2.05, 4.69) is 0 Å². The van der Waals surface area contributed by atoms with Gasteiger partial charge in [0.15, 0.2) is 11.5 Å². The number of aromatic hydroxyl groups is 2. The van der Waals surface area contributed by atoms with Gasteiger partial charge < -0.3 is 14.9 Å². The molecule has 0 radical (unpaired) electrons. The number of carbonyl (C=O) groups is 1. The number of ether oxygens (including phenoxy) is 1. The van der Waals surface area contributed by atoms with E-state index in [4.69, 9.17) is 4.74 Å². The summed E-state index contributed by atoms with van der Waals surface area (Å²) in [5.74, 6) is -0.398. The number of rotatable bonds is 4. The quantitative estimate of drug-likeness (QED) is 0.741. The van der Waals surface area contributed by atoms with Crippen LogP contribution in [0.1, 0.15) is 18.9 Å². The van der Waals surface area contributed by atoms with Crippen molar-refractivity contribution in [2.24, 2.45) is 0 Å². The average Bonchev–Trinajstić information content (AvgIpc) is 2.25. The van der Waals surface area contributed by atoms with Crippen LogP contribution in [0.5, 0.6) is 17.2 Å². The van der Waals surface area contributed by atoms with Gasteiger partial charge in [0.2, 0.25) is 5.75 Å². The zero-order valence-corrected chi connectivity index (χ0v) is 8.78. The molecule has 0 amide bonds. The zero-order chi connectivity index (χ0) is 11.4. The summed E-state index contributed by atoms with van der Waals surface area (Å²) in [6, 6.07) is 3.09. The Morgan fingerprint density at radius 2 is 2.00 bits per heavy atom. The Balaban J connectivity index is 3.01. The third-order valence-corrected chi connectivity index (χ3v) is 2.20. The van der Waals surface area contributed by atoms with Crippen LogP contribution in [0.15, 0.2) is 12.1 Å². The second-order valence-corrected chi connectivity index (χ2v) is 3.19. The van der Waals surface area contributed by atoms with Crippen molar-refractivity contribution < 1.29 is 19.7 Å². The first kappa shape index (κ1) is 11.4. The number of hydrogen-bond acceptors (Lipinski definition) is 4. The summed E-state index contributed by atoms with van der Waals surface area (Å²) in [6.07, 6.45) is 0.534. The Morgan fingerprint density at radius 3 is 2.53 bits per heavy atom. The van der Waals surface area contributed by atoms with Gasteiger partial charge in [0.25, 0.3) is 0 Å². The average molecular weight is 210 g/mol. The highest BCUT2D eigenvalue weighted by Gasteiger charge is 2.13. The SMILES string of the molecule is CCC(=O)Cc1ccc(OC)c(O)c1O. The van der Waals surface area contributed by atoms with Gasteiger partial charge >= 0.3 is 0 Å². The molecule has 0 heterocycles. The first-order chi connectivity index (χ1) is 7.10. The summed E-state index contributed by atoms with van der Waals surface area (Å²) in [7, 11) is 1.39. The molecule has 82 valence electrons. The van der Waals surface area contributed by atoms with E-state index in [9.17, 15) is 15.0 Å². The minimum atomic E-state index is -0.320. The maximum absolute atomic E-state index is 11.2. The van der Waals surface area contributed by atoms with Gasteiger partial charge in [-0.2, -0.15) is 0 Å². The fraction of sp³-hybridized carbons (Fsp3) is 0.364. The number of benzene rings is 1. The lowest BCUT2D eigenvalue weighted by atomic mass is 10.1. The summed E-state index contributed by atoms with van der Waals surface area (Å²) >= 11 is 0. The molecule has 0 aliphatic rings. The molecular formula is C11H14O4. The Hall–Kier alpha value is -1.71. The van der Waals surface area contributed by atoms with Gasteiger partial charge in [-0.15, -0.1) is 0 Å². The number of methoxy groups -OCH3 is 1. The molecule has 15 heavy (non-hydrogen) atoms. The standard InChI is InChI=1S/C11H14O4/c1-3-8(12)6-7-4-5-9(15-2)11(14)10(7)13/h4-5,13-14H,3,6H2,1-2H3. The summed E-state index contributed by atoms with van der Waals surface area (Å²) < 4.78 is 4.82. The van der Waals surface area contributed by atoms with Gasteiger partial charge in [-0.1, -0.05) is 13.0 Å². The van der Waals surface area contributed by atoms with Crippen molar-refractivity contribution in [3.05, 3.63) is 17.7 Å². The molecule has 2 N–H and O–H groups in total. The van der Waals surface area contributed by atoms with E-state index in [1.165, 1.54) is 13.2 Å². The van der Waals surface area contributed by atoms with Gasteiger partial charge in [0.1, 0.15) is 5.78 Å². The van der Waals surface area contributed by atoms with Crippen LogP contribution >= 0.6 is 0 Å². The van der Waals surface area contributed by atoms with E-state index in [1.54, 1.807) is 13.0 Å². The van der Waals surface area contributed by atoms with Crippen molar-refractivity contribution in [3.63, 3.8) is 0 Å². The van der Waals surface area contributed by atoms with E-state index in [0.29, 0.717) is 12.0 Å². The van der Waals surface area contributed by atoms with E-state index >= 15 is 0 Å². The van der Waals surface area contributed by atoms with Gasteiger partial charge in [-0.05, 0) is 6.07 Å². The maximum atomic E-state index is 11.2. The molecule has 1 aromatic carbocycles. The highest BCUT2D eigenvalue weighted by molar-refractivity contribution is 5.81. The lowest BCUT2D eigenvalue weighted by Crippen LogP contribution is -2.00. The molecule has 0 aliphatic heterocycles. The smallest absolute Gasteiger partial charge is 0.200 e. The minimum absolute atomic E-state index is 0.00914. The minimum Gasteiger partial charge on any atom is -0.504 e. The molecule has 0 aromatic heterocycles. The predicted molar refractivity (Wildman–Crippen MR) is 55.3 cm³/mol. The Kier molecular flexibility index (Phi) is 3.55. The van der Waals surface area contributed by atoms with Crippen molar-refractivity contribution >= 4 is 5.78 Å². The van der Waals surface area contributed by atoms with Crippen LogP contribution in [-0.4, -0.2) is 23.1 Å². The Labute approximate surface area is 88.1 Å². The molecule has 0 unspecified atom stereocenters. The summed E-state index contributed by atoms with van der Waals surface area (Å²) in [5, 5.41) is 19.0. The topological polar surface area (TPSA) is 66.8 Å². The Morgan fingerprint density at radius 1 is 1.33 bits per heavy atom. The first-order valence-corrected chi connectivity index (χ1v) is 4.69. The van der Waals surface area contributed by atoms with Crippen LogP contribution in [0.2, 0.25) is 0 Å². The zero-order valence-electron chi connectivity index (χ0n) is 8.78. The molecule has 0 bridgehead atoms. The third kappa shape index (κ3) is 2.40. The van der Waals surface area contributed by atoms with E-state index in [0.717, 1.165) is 0 Å². The van der Waals surface area contributed by atoms with Crippen LogP contribution < -0.4 is 4.74 Å². The van der Waals surface area contributed by atoms with E-state index in [1.807, 2.05) is 0 Å². The van der Waals surface area contributed by atoms with Gasteiger partial charge in [-0.25, -0.2) is 0 Å². The van der Waals surface area contributed by atoms with Gasteiger partial charge in [0, 0.05) is 18.4 Å². The van der Waals surface area contributed by atoms with E-state index < -0.39 is 0 Å². The van der Waals surface area contributed by atoms with Crippen LogP contribution in [0.25, 0.3) is 0 Å². The molecule has 0 aliphatic carbocycles. The van der Waals surface area contributed by atoms with Crippen molar-refractivity contribution in [3.8, 4) is 17.2 Å². The normalized spacial score (nSPS) is 10.0. The van der Waals surface area contributed by atoms with Crippen molar-refractivity contribution in [1.29, 1.82) is 0 Å². The summed E-state index contributed by atoms with van der Waals surface area (Å²) in [4.78, 5) is 11.2. The number of hydrogen-bond donors (Lipinski definition) is 2. The van der Waals surface area contributed by atoms with Crippen LogP contribution in [0.4, 0.5) is 0 Å². The predicted octanol–water partition coefficient (Wildman–Crippen LogP) is 1.63. The fourth-order valence-corrected chi connectivity index (χ4v) is 1.25. The summed E-state index contributed by atoms with van der Waals surface area (Å²) in [6.45, 7) is 1.75. The number of phenols is 2. The van der Waals surface area contributed by atoms with Gasteiger partial charge in [0.05, 0.1) is 7.11 Å². The lowest BCUT2D eigenvalue weighted by Gasteiger charge is -2.08. The largest absolute Gasteiger partial charge is 0.504 e. The molecule has 0 saturated heterocycles.